The quantitative estimate of drug-likeness (QED) is 0.369. The minimum atomic E-state index is 0. The summed E-state index contributed by atoms with van der Waals surface area (Å²) in [6, 6.07) is 0. The molecule has 0 bridgehead atoms. The second-order valence-corrected chi connectivity index (χ2v) is 3.46. The summed E-state index contributed by atoms with van der Waals surface area (Å²) < 4.78 is 0. The van der Waals surface area contributed by atoms with Crippen LogP contribution in [0.2, 0.25) is 0 Å². The molecule has 0 aromatic carbocycles. The number of nitrogens with zero attached hydrogens (tertiary/aromatic N) is 1. The molecule has 7 heteroatoms. The molecule has 0 rings (SSSR count). The first-order valence-corrected chi connectivity index (χ1v) is 6.44. The van der Waals surface area contributed by atoms with E-state index >= 15 is 0 Å². The Balaban J connectivity index is -0.000000105. The molecular weight excluding hydrogens is 286 g/mol. The molecule has 19 heavy (non-hydrogen) atoms. The molecule has 0 saturated heterocycles. The van der Waals surface area contributed by atoms with Crippen molar-refractivity contribution in [1.29, 1.82) is 0 Å². The van der Waals surface area contributed by atoms with Crippen LogP contribution < -0.4 is 0 Å². The van der Waals surface area contributed by atoms with Crippen LogP contribution in [0.25, 0.3) is 0 Å². The van der Waals surface area contributed by atoms with Crippen LogP contribution in [-0.2, 0) is 21.7 Å². The van der Waals surface area contributed by atoms with Gasteiger partial charge >= 0.3 is 0 Å². The third-order valence-corrected chi connectivity index (χ3v) is 1.70. The van der Waals surface area contributed by atoms with Crippen molar-refractivity contribution in [3.63, 3.8) is 0 Å². The average Bonchev–Trinajstić information content (AvgIpc) is 2.40. The van der Waals surface area contributed by atoms with E-state index in [-0.39, 0.29) is 41.5 Å². The largest absolute Gasteiger partial charge is 0.396 e. The summed E-state index contributed by atoms with van der Waals surface area (Å²) in [5.74, 6) is 0. The SMILES string of the molecule is CCCO.CCCO.OCCN(CCO)CCO.[Ti]. The Bertz CT molecular complexity index is 100. The van der Waals surface area contributed by atoms with Crippen molar-refractivity contribution in [3.05, 3.63) is 0 Å². The maximum Gasteiger partial charge on any atom is 0.0558 e. The maximum absolute atomic E-state index is 8.48. The molecule has 0 radical (unpaired) electrons. The first-order valence-electron chi connectivity index (χ1n) is 6.44. The van der Waals surface area contributed by atoms with E-state index in [4.69, 9.17) is 25.5 Å². The van der Waals surface area contributed by atoms with Crippen LogP contribution in [0.3, 0.4) is 0 Å². The van der Waals surface area contributed by atoms with Crippen LogP contribution in [0.5, 0.6) is 0 Å². The summed E-state index contributed by atoms with van der Waals surface area (Å²) in [5, 5.41) is 41.2. The van der Waals surface area contributed by atoms with Gasteiger partial charge in [-0.25, -0.2) is 0 Å². The Labute approximate surface area is 132 Å². The fourth-order valence-electron chi connectivity index (χ4n) is 0.760. The fourth-order valence-corrected chi connectivity index (χ4v) is 0.760. The molecule has 0 saturated carbocycles. The molecule has 6 nitrogen and oxygen atoms in total. The van der Waals surface area contributed by atoms with E-state index < -0.39 is 0 Å². The number of rotatable bonds is 8. The van der Waals surface area contributed by atoms with Crippen molar-refractivity contribution in [2.75, 3.05) is 52.7 Å². The van der Waals surface area contributed by atoms with Crippen LogP contribution >= 0.6 is 0 Å². The maximum atomic E-state index is 8.48. The van der Waals surface area contributed by atoms with Gasteiger partial charge in [-0.05, 0) is 12.8 Å². The Hall–Kier alpha value is 0.474. The van der Waals surface area contributed by atoms with Gasteiger partial charge in [0.05, 0.1) is 19.8 Å². The molecule has 0 spiro atoms. The molecule has 0 amide bonds. The molecule has 0 aromatic heterocycles. The normalized spacial score (nSPS) is 8.84. The molecule has 5 N–H and O–H groups in total. The second kappa shape index (κ2) is 31.1. The van der Waals surface area contributed by atoms with Crippen molar-refractivity contribution in [3.8, 4) is 0 Å². The summed E-state index contributed by atoms with van der Waals surface area (Å²) >= 11 is 0. The van der Waals surface area contributed by atoms with Gasteiger partial charge in [-0.1, -0.05) is 13.8 Å². The van der Waals surface area contributed by atoms with Gasteiger partial charge in [0.1, 0.15) is 0 Å². The molecule has 0 atom stereocenters. The Morgan fingerprint density at radius 1 is 0.579 bits per heavy atom. The van der Waals surface area contributed by atoms with Crippen LogP contribution in [0.4, 0.5) is 0 Å². The molecule has 0 aliphatic carbocycles. The predicted octanol–water partition coefficient (Wildman–Crippen LogP) is -0.960. The topological polar surface area (TPSA) is 104 Å². The van der Waals surface area contributed by atoms with Crippen molar-refractivity contribution in [2.24, 2.45) is 0 Å². The van der Waals surface area contributed by atoms with E-state index in [1.165, 1.54) is 0 Å². The summed E-state index contributed by atoms with van der Waals surface area (Å²) in [5.41, 5.74) is 0. The zero-order valence-electron chi connectivity index (χ0n) is 12.3. The molecule has 0 fully saturated rings. The number of aliphatic hydroxyl groups excluding tert-OH is 5. The molecule has 0 aromatic rings. The first kappa shape index (κ1) is 27.8. The van der Waals surface area contributed by atoms with Crippen LogP contribution in [0, 0.1) is 0 Å². The van der Waals surface area contributed by atoms with E-state index in [1.807, 2.05) is 13.8 Å². The third kappa shape index (κ3) is 38.1. The van der Waals surface area contributed by atoms with E-state index in [0.717, 1.165) is 12.8 Å². The van der Waals surface area contributed by atoms with Crippen LogP contribution in [0.15, 0.2) is 0 Å². The number of hydrogen-bond donors (Lipinski definition) is 5. The van der Waals surface area contributed by atoms with Gasteiger partial charge in [-0.3, -0.25) is 4.90 Å². The van der Waals surface area contributed by atoms with Gasteiger partial charge in [0.2, 0.25) is 0 Å². The first-order chi connectivity index (χ1) is 8.67. The van der Waals surface area contributed by atoms with Gasteiger partial charge in [-0.15, -0.1) is 0 Å². The Kier molecular flexibility index (Phi) is 45.4. The summed E-state index contributed by atoms with van der Waals surface area (Å²) in [4.78, 5) is 1.79. The minimum Gasteiger partial charge on any atom is -0.396 e. The van der Waals surface area contributed by atoms with E-state index in [0.29, 0.717) is 32.8 Å². The van der Waals surface area contributed by atoms with Crippen molar-refractivity contribution >= 4 is 0 Å². The zero-order chi connectivity index (χ0) is 14.6. The molecule has 118 valence electrons. The average molecular weight is 317 g/mol. The molecule has 0 aliphatic heterocycles. The van der Waals surface area contributed by atoms with Crippen LogP contribution in [-0.4, -0.2) is 83.1 Å². The van der Waals surface area contributed by atoms with Gasteiger partial charge in [-0.2, -0.15) is 0 Å². The van der Waals surface area contributed by atoms with Crippen LogP contribution in [0.1, 0.15) is 26.7 Å². The number of aliphatic hydroxyl groups is 5. The van der Waals surface area contributed by atoms with Crippen molar-refractivity contribution < 1.29 is 47.3 Å². The van der Waals surface area contributed by atoms with Crippen molar-refractivity contribution in [1.82, 2.24) is 4.90 Å². The zero-order valence-corrected chi connectivity index (χ0v) is 13.8. The third-order valence-electron chi connectivity index (χ3n) is 1.70. The predicted molar refractivity (Wildman–Crippen MR) is 72.5 cm³/mol. The molecule has 0 unspecified atom stereocenters. The summed E-state index contributed by atoms with van der Waals surface area (Å²) in [7, 11) is 0. The van der Waals surface area contributed by atoms with Gasteiger partial charge in [0.15, 0.2) is 0 Å². The van der Waals surface area contributed by atoms with E-state index in [9.17, 15) is 0 Å². The Morgan fingerprint density at radius 2 is 0.789 bits per heavy atom. The number of hydrogen-bond acceptors (Lipinski definition) is 6. The van der Waals surface area contributed by atoms with E-state index in [2.05, 4.69) is 0 Å². The van der Waals surface area contributed by atoms with Crippen molar-refractivity contribution in [2.45, 2.75) is 26.7 Å². The Morgan fingerprint density at radius 3 is 0.895 bits per heavy atom. The standard InChI is InChI=1S/C6H15NO3.2C3H8O.Ti/c8-4-1-7(2-5-9)3-6-10;2*1-2-3-4;/h8-10H,1-6H2;2*4H,2-3H2,1H3;. The summed E-state index contributed by atoms with van der Waals surface area (Å²) in [6.45, 7) is 6.25. The molecular formula is C12H31NO5Ti. The smallest absolute Gasteiger partial charge is 0.0558 e. The molecule has 0 heterocycles. The molecule has 0 aliphatic rings. The van der Waals surface area contributed by atoms with E-state index in [1.54, 1.807) is 4.90 Å². The van der Waals surface area contributed by atoms with Gasteiger partial charge in [0, 0.05) is 54.6 Å². The van der Waals surface area contributed by atoms with Gasteiger partial charge in [0.25, 0.3) is 0 Å². The minimum absolute atomic E-state index is 0. The monoisotopic (exact) mass is 317 g/mol. The second-order valence-electron chi connectivity index (χ2n) is 3.46. The summed E-state index contributed by atoms with van der Waals surface area (Å²) in [6.07, 6.45) is 1.75. The van der Waals surface area contributed by atoms with Gasteiger partial charge < -0.3 is 25.5 Å². The fraction of sp³-hybridized carbons (Fsp3) is 1.00.